The van der Waals surface area contributed by atoms with Gasteiger partial charge >= 0.3 is 0 Å². The van der Waals surface area contributed by atoms with Crippen molar-refractivity contribution in [2.45, 2.75) is 25.4 Å². The molecule has 0 N–H and O–H groups in total. The molecule has 0 spiro atoms. The quantitative estimate of drug-likeness (QED) is 0.806. The minimum atomic E-state index is 0.692. The van der Waals surface area contributed by atoms with Gasteiger partial charge in [-0.25, -0.2) is 0 Å². The first-order chi connectivity index (χ1) is 8.88. The van der Waals surface area contributed by atoms with Gasteiger partial charge in [0.15, 0.2) is 0 Å². The Hall–Kier alpha value is -0.930. The van der Waals surface area contributed by atoms with Crippen LogP contribution in [-0.2, 0) is 6.54 Å². The third-order valence-corrected chi connectivity index (χ3v) is 4.54. The number of benzene rings is 1. The van der Waals surface area contributed by atoms with Crippen LogP contribution in [0.2, 0.25) is 0 Å². The molecule has 1 aromatic heterocycles. The molecule has 1 aliphatic heterocycles. The van der Waals surface area contributed by atoms with Crippen molar-refractivity contribution in [3.8, 4) is 0 Å². The minimum absolute atomic E-state index is 0.692. The van der Waals surface area contributed by atoms with Gasteiger partial charge in [-0.05, 0) is 37.1 Å². The van der Waals surface area contributed by atoms with Crippen molar-refractivity contribution in [2.24, 2.45) is 0 Å². The molecule has 0 saturated carbocycles. The van der Waals surface area contributed by atoms with E-state index in [0.717, 1.165) is 17.4 Å². The molecule has 18 heavy (non-hydrogen) atoms. The second-order valence-corrected chi connectivity index (χ2v) is 5.56. The number of rotatable bonds is 3. The van der Waals surface area contributed by atoms with E-state index in [4.69, 9.17) is 0 Å². The standard InChI is InChI=1S/C15H17BrN2/c16-10-13-4-3-9-18(13)11-12-7-8-17-15-6-2-1-5-14(12)15/h1-2,5-8,13H,3-4,9-11H2. The van der Waals surface area contributed by atoms with Crippen molar-refractivity contribution in [1.82, 2.24) is 9.88 Å². The summed E-state index contributed by atoms with van der Waals surface area (Å²) in [7, 11) is 0. The average Bonchev–Trinajstić information content (AvgIpc) is 2.86. The van der Waals surface area contributed by atoms with Crippen LogP contribution < -0.4 is 0 Å². The van der Waals surface area contributed by atoms with Gasteiger partial charge in [0.25, 0.3) is 0 Å². The number of aromatic nitrogens is 1. The van der Waals surface area contributed by atoms with E-state index in [9.17, 15) is 0 Å². The molecule has 1 unspecified atom stereocenters. The molecule has 1 aliphatic rings. The summed E-state index contributed by atoms with van der Waals surface area (Å²) >= 11 is 3.63. The van der Waals surface area contributed by atoms with Gasteiger partial charge in [-0.3, -0.25) is 9.88 Å². The summed E-state index contributed by atoms with van der Waals surface area (Å²) in [4.78, 5) is 7.01. The van der Waals surface area contributed by atoms with E-state index < -0.39 is 0 Å². The molecule has 94 valence electrons. The SMILES string of the molecule is BrCC1CCCN1Cc1ccnc2ccccc12. The Morgan fingerprint density at radius 2 is 2.17 bits per heavy atom. The van der Waals surface area contributed by atoms with Crippen molar-refractivity contribution in [1.29, 1.82) is 0 Å². The van der Waals surface area contributed by atoms with Crippen LogP contribution in [-0.4, -0.2) is 27.8 Å². The zero-order chi connectivity index (χ0) is 12.4. The van der Waals surface area contributed by atoms with Gasteiger partial charge in [0.1, 0.15) is 0 Å². The number of likely N-dealkylation sites (tertiary alicyclic amines) is 1. The third kappa shape index (κ3) is 2.29. The fourth-order valence-corrected chi connectivity index (χ4v) is 3.52. The Labute approximate surface area is 116 Å². The van der Waals surface area contributed by atoms with Crippen LogP contribution in [0, 0.1) is 0 Å². The minimum Gasteiger partial charge on any atom is -0.295 e. The van der Waals surface area contributed by atoms with Crippen molar-refractivity contribution >= 4 is 26.8 Å². The first-order valence-electron chi connectivity index (χ1n) is 6.51. The van der Waals surface area contributed by atoms with Gasteiger partial charge in [0.2, 0.25) is 0 Å². The number of alkyl halides is 1. The number of hydrogen-bond donors (Lipinski definition) is 0. The van der Waals surface area contributed by atoms with Crippen LogP contribution in [0.25, 0.3) is 10.9 Å². The highest BCUT2D eigenvalue weighted by molar-refractivity contribution is 9.09. The van der Waals surface area contributed by atoms with Crippen LogP contribution in [0.1, 0.15) is 18.4 Å². The highest BCUT2D eigenvalue weighted by atomic mass is 79.9. The van der Waals surface area contributed by atoms with Crippen molar-refractivity contribution in [2.75, 3.05) is 11.9 Å². The Bertz CT molecular complexity index is 536. The summed E-state index contributed by atoms with van der Waals surface area (Å²) in [6.07, 6.45) is 4.56. The first-order valence-corrected chi connectivity index (χ1v) is 7.63. The van der Waals surface area contributed by atoms with Crippen LogP contribution in [0.15, 0.2) is 36.5 Å². The maximum Gasteiger partial charge on any atom is 0.0705 e. The average molecular weight is 305 g/mol. The molecule has 1 fully saturated rings. The molecule has 3 heteroatoms. The lowest BCUT2D eigenvalue weighted by Gasteiger charge is -2.23. The number of fused-ring (bicyclic) bond motifs is 1. The van der Waals surface area contributed by atoms with Crippen molar-refractivity contribution in [3.05, 3.63) is 42.1 Å². The molecule has 1 atom stereocenters. The molecule has 2 nitrogen and oxygen atoms in total. The second kappa shape index (κ2) is 5.37. The molecule has 2 heterocycles. The molecule has 2 aromatic rings. The maximum atomic E-state index is 4.43. The van der Waals surface area contributed by atoms with Gasteiger partial charge < -0.3 is 0 Å². The van der Waals surface area contributed by atoms with Gasteiger partial charge in [0, 0.05) is 29.5 Å². The van der Waals surface area contributed by atoms with Gasteiger partial charge in [-0.15, -0.1) is 0 Å². The summed E-state index contributed by atoms with van der Waals surface area (Å²) < 4.78 is 0. The molecule has 3 rings (SSSR count). The Kier molecular flexibility index (Phi) is 3.62. The largest absolute Gasteiger partial charge is 0.295 e. The predicted molar refractivity (Wildman–Crippen MR) is 79.0 cm³/mol. The Balaban J connectivity index is 1.90. The topological polar surface area (TPSA) is 16.1 Å². The van der Waals surface area contributed by atoms with E-state index in [1.807, 2.05) is 6.20 Å². The zero-order valence-corrected chi connectivity index (χ0v) is 11.9. The second-order valence-electron chi connectivity index (χ2n) is 4.91. The van der Waals surface area contributed by atoms with Crippen LogP contribution in [0.4, 0.5) is 0 Å². The molecule has 0 amide bonds. The van der Waals surface area contributed by atoms with E-state index in [1.54, 1.807) is 0 Å². The molecular formula is C15H17BrN2. The third-order valence-electron chi connectivity index (χ3n) is 3.79. The van der Waals surface area contributed by atoms with Gasteiger partial charge in [-0.2, -0.15) is 0 Å². The zero-order valence-electron chi connectivity index (χ0n) is 10.3. The molecule has 1 saturated heterocycles. The number of pyridine rings is 1. The van der Waals surface area contributed by atoms with E-state index in [2.05, 4.69) is 56.1 Å². The molecular weight excluding hydrogens is 288 g/mol. The summed E-state index contributed by atoms with van der Waals surface area (Å²) in [5.74, 6) is 0. The molecule has 0 aliphatic carbocycles. The van der Waals surface area contributed by atoms with Gasteiger partial charge in [-0.1, -0.05) is 34.1 Å². The molecule has 0 radical (unpaired) electrons. The Morgan fingerprint density at radius 3 is 3.06 bits per heavy atom. The number of nitrogens with zero attached hydrogens (tertiary/aromatic N) is 2. The summed E-state index contributed by atoms with van der Waals surface area (Å²) in [5.41, 5.74) is 2.50. The lowest BCUT2D eigenvalue weighted by atomic mass is 10.1. The first kappa shape index (κ1) is 12.1. The van der Waals surface area contributed by atoms with E-state index in [-0.39, 0.29) is 0 Å². The summed E-state index contributed by atoms with van der Waals surface area (Å²) in [6.45, 7) is 2.26. The van der Waals surface area contributed by atoms with Crippen molar-refractivity contribution in [3.63, 3.8) is 0 Å². The van der Waals surface area contributed by atoms with E-state index >= 15 is 0 Å². The number of hydrogen-bond acceptors (Lipinski definition) is 2. The fourth-order valence-electron chi connectivity index (χ4n) is 2.79. The smallest absolute Gasteiger partial charge is 0.0705 e. The number of halogens is 1. The normalized spacial score (nSPS) is 20.6. The van der Waals surface area contributed by atoms with Crippen molar-refractivity contribution < 1.29 is 0 Å². The van der Waals surface area contributed by atoms with Crippen LogP contribution >= 0.6 is 15.9 Å². The highest BCUT2D eigenvalue weighted by Crippen LogP contribution is 2.24. The summed E-state index contributed by atoms with van der Waals surface area (Å²) in [5, 5.41) is 2.37. The summed E-state index contributed by atoms with van der Waals surface area (Å²) in [6, 6.07) is 11.3. The molecule has 0 bridgehead atoms. The van der Waals surface area contributed by atoms with Crippen LogP contribution in [0.5, 0.6) is 0 Å². The van der Waals surface area contributed by atoms with Crippen LogP contribution in [0.3, 0.4) is 0 Å². The highest BCUT2D eigenvalue weighted by Gasteiger charge is 2.23. The lowest BCUT2D eigenvalue weighted by molar-refractivity contribution is 0.266. The van der Waals surface area contributed by atoms with E-state index in [1.165, 1.54) is 30.3 Å². The monoisotopic (exact) mass is 304 g/mol. The number of para-hydroxylation sites is 1. The lowest BCUT2D eigenvalue weighted by Crippen LogP contribution is -2.30. The molecule has 1 aromatic carbocycles. The fraction of sp³-hybridized carbons (Fsp3) is 0.400. The van der Waals surface area contributed by atoms with Gasteiger partial charge in [0.05, 0.1) is 5.52 Å². The van der Waals surface area contributed by atoms with E-state index in [0.29, 0.717) is 6.04 Å². The Morgan fingerprint density at radius 1 is 1.28 bits per heavy atom. The maximum absolute atomic E-state index is 4.43. The predicted octanol–water partition coefficient (Wildman–Crippen LogP) is 3.59.